The fourth-order valence-corrected chi connectivity index (χ4v) is 6.77. The van der Waals surface area contributed by atoms with E-state index in [9.17, 15) is 0 Å². The van der Waals surface area contributed by atoms with Gasteiger partial charge < -0.3 is 0 Å². The molecule has 0 radical (unpaired) electrons. The molecule has 1 saturated heterocycles. The van der Waals surface area contributed by atoms with Crippen LogP contribution in [0.15, 0.2) is 72.0 Å². The Labute approximate surface area is 204 Å². The number of rotatable bonds is 7. The number of benzene rings is 2. The summed E-state index contributed by atoms with van der Waals surface area (Å²) in [4.78, 5) is 8.64. The van der Waals surface area contributed by atoms with Crippen LogP contribution in [0.5, 0.6) is 0 Å². The van der Waals surface area contributed by atoms with Crippen molar-refractivity contribution in [2.24, 2.45) is 0 Å². The van der Waals surface area contributed by atoms with Gasteiger partial charge in [-0.2, -0.15) is 9.28 Å². The third-order valence-electron chi connectivity index (χ3n) is 6.88. The lowest BCUT2D eigenvalue weighted by atomic mass is 10.1. The highest BCUT2D eigenvalue weighted by molar-refractivity contribution is 7.93. The fourth-order valence-electron chi connectivity index (χ4n) is 4.90. The van der Waals surface area contributed by atoms with Crippen LogP contribution in [-0.2, 0) is 21.9 Å². The van der Waals surface area contributed by atoms with Gasteiger partial charge in [-0.1, -0.05) is 42.8 Å². The molecule has 2 aliphatic rings. The lowest BCUT2D eigenvalue weighted by Gasteiger charge is -2.26. The van der Waals surface area contributed by atoms with E-state index in [0.717, 1.165) is 28.9 Å². The summed E-state index contributed by atoms with van der Waals surface area (Å²) in [5, 5.41) is 5.31. The maximum absolute atomic E-state index is 5.82. The van der Waals surface area contributed by atoms with Gasteiger partial charge in [-0.15, -0.1) is 0 Å². The maximum atomic E-state index is 5.82. The van der Waals surface area contributed by atoms with E-state index < -0.39 is 0 Å². The van der Waals surface area contributed by atoms with Crippen molar-refractivity contribution < 1.29 is 4.18 Å². The van der Waals surface area contributed by atoms with Gasteiger partial charge in [0, 0.05) is 49.0 Å². The highest BCUT2D eigenvalue weighted by Gasteiger charge is 2.44. The number of likely N-dealkylation sites (tertiary alicyclic amines) is 1. The van der Waals surface area contributed by atoms with Crippen molar-refractivity contribution in [2.45, 2.75) is 48.8 Å². The predicted octanol–water partition coefficient (Wildman–Crippen LogP) is 5.75. The standard InChI is InChI=1S/C28H31N4OS/c1-33-34(25-12-13-25)26-7-5-6-23(16-26)27-18-30-32-20-24(17-29-28(27)32)22-10-8-21(9-11-22)19-31-14-3-2-4-15-31/h5-11,16-18,20,25H,2-4,12-15,19H2,1H3/q+1. The molecule has 4 aromatic rings. The van der Waals surface area contributed by atoms with Gasteiger partial charge in [0.15, 0.2) is 27.0 Å². The minimum atomic E-state index is -0.125. The molecule has 174 valence electrons. The predicted molar refractivity (Wildman–Crippen MR) is 139 cm³/mol. The second kappa shape index (κ2) is 9.53. The van der Waals surface area contributed by atoms with Crippen LogP contribution >= 0.6 is 0 Å². The summed E-state index contributed by atoms with van der Waals surface area (Å²) in [7, 11) is 1.83. The van der Waals surface area contributed by atoms with Crippen molar-refractivity contribution in [3.63, 3.8) is 0 Å². The molecule has 6 heteroatoms. The van der Waals surface area contributed by atoms with Crippen molar-refractivity contribution >= 4 is 16.8 Å². The molecule has 1 unspecified atom stereocenters. The summed E-state index contributed by atoms with van der Waals surface area (Å²) in [6, 6.07) is 17.6. The zero-order chi connectivity index (χ0) is 22.9. The number of hydrogen-bond acceptors (Lipinski definition) is 4. The number of piperidine rings is 1. The third-order valence-corrected chi connectivity index (χ3v) is 9.04. The van der Waals surface area contributed by atoms with Crippen LogP contribution in [-0.4, -0.2) is 44.9 Å². The van der Waals surface area contributed by atoms with Crippen LogP contribution < -0.4 is 0 Å². The molecule has 0 amide bonds. The zero-order valence-electron chi connectivity index (χ0n) is 19.7. The Hall–Kier alpha value is -2.67. The molecule has 1 atom stereocenters. The van der Waals surface area contributed by atoms with Gasteiger partial charge in [-0.25, -0.2) is 9.50 Å². The summed E-state index contributed by atoms with van der Waals surface area (Å²) in [5.74, 6) is 0. The first-order valence-electron chi connectivity index (χ1n) is 12.3. The average molecular weight is 472 g/mol. The van der Waals surface area contributed by atoms with Crippen LogP contribution in [0.1, 0.15) is 37.7 Å². The Morgan fingerprint density at radius 1 is 0.941 bits per heavy atom. The number of hydrogen-bond donors (Lipinski definition) is 0. The van der Waals surface area contributed by atoms with E-state index in [2.05, 4.69) is 64.7 Å². The van der Waals surface area contributed by atoms with Gasteiger partial charge in [-0.3, -0.25) is 4.90 Å². The van der Waals surface area contributed by atoms with E-state index >= 15 is 0 Å². The topological polar surface area (TPSA) is 42.7 Å². The van der Waals surface area contributed by atoms with Crippen molar-refractivity contribution in [3.8, 4) is 22.3 Å². The molecule has 2 aromatic heterocycles. The summed E-state index contributed by atoms with van der Waals surface area (Å²) in [6.45, 7) is 3.49. The van der Waals surface area contributed by atoms with Crippen LogP contribution in [0, 0.1) is 0 Å². The monoisotopic (exact) mass is 471 g/mol. The molecule has 2 aromatic carbocycles. The Kier molecular flexibility index (Phi) is 6.12. The van der Waals surface area contributed by atoms with Gasteiger partial charge in [-0.05, 0) is 48.7 Å². The van der Waals surface area contributed by atoms with Gasteiger partial charge in [0.1, 0.15) is 0 Å². The quantitative estimate of drug-likeness (QED) is 0.322. The van der Waals surface area contributed by atoms with Crippen LogP contribution in [0.3, 0.4) is 0 Å². The van der Waals surface area contributed by atoms with Crippen molar-refractivity contribution in [3.05, 3.63) is 72.7 Å². The average Bonchev–Trinajstić information content (AvgIpc) is 3.63. The van der Waals surface area contributed by atoms with Gasteiger partial charge >= 0.3 is 0 Å². The molecular formula is C28H31N4OS+. The second-order valence-corrected chi connectivity index (χ2v) is 11.5. The molecule has 6 rings (SSSR count). The largest absolute Gasteiger partial charge is 0.299 e. The molecule has 1 aliphatic heterocycles. The van der Waals surface area contributed by atoms with E-state index in [1.807, 2.05) is 24.0 Å². The minimum absolute atomic E-state index is 0.125. The Morgan fingerprint density at radius 2 is 1.76 bits per heavy atom. The smallest absolute Gasteiger partial charge is 0.191 e. The van der Waals surface area contributed by atoms with Gasteiger partial charge in [0.2, 0.25) is 0 Å². The normalized spacial score (nSPS) is 17.8. The van der Waals surface area contributed by atoms with Gasteiger partial charge in [0.05, 0.1) is 13.3 Å². The van der Waals surface area contributed by atoms with E-state index in [4.69, 9.17) is 9.17 Å². The molecule has 2 fully saturated rings. The minimum Gasteiger partial charge on any atom is -0.299 e. The lowest BCUT2D eigenvalue weighted by Crippen LogP contribution is -2.28. The van der Waals surface area contributed by atoms with Crippen molar-refractivity contribution in [2.75, 3.05) is 20.2 Å². The van der Waals surface area contributed by atoms with Crippen molar-refractivity contribution in [1.82, 2.24) is 19.5 Å². The number of nitrogens with zero attached hydrogens (tertiary/aromatic N) is 4. The summed E-state index contributed by atoms with van der Waals surface area (Å²) < 4.78 is 7.72. The molecule has 34 heavy (non-hydrogen) atoms. The number of fused-ring (bicyclic) bond motifs is 1. The van der Waals surface area contributed by atoms with Gasteiger partial charge in [0.25, 0.3) is 0 Å². The molecule has 0 N–H and O–H groups in total. The first kappa shape index (κ1) is 21.8. The SMILES string of the molecule is CO[S+](c1cccc(-c2cnn3cc(-c4ccc(CN5CCCCC5)cc4)cnc23)c1)C1CC1. The first-order chi connectivity index (χ1) is 16.8. The van der Waals surface area contributed by atoms with Crippen LogP contribution in [0.4, 0.5) is 0 Å². The van der Waals surface area contributed by atoms with E-state index in [0.29, 0.717) is 5.25 Å². The Balaban J connectivity index is 1.23. The summed E-state index contributed by atoms with van der Waals surface area (Å²) >= 11 is -0.125. The first-order valence-corrected chi connectivity index (χ1v) is 13.5. The Morgan fingerprint density at radius 3 is 2.53 bits per heavy atom. The third kappa shape index (κ3) is 4.50. The van der Waals surface area contributed by atoms with E-state index in [-0.39, 0.29) is 11.2 Å². The molecular weight excluding hydrogens is 440 g/mol. The molecule has 1 saturated carbocycles. The zero-order valence-corrected chi connectivity index (χ0v) is 20.5. The highest BCUT2D eigenvalue weighted by Crippen LogP contribution is 2.37. The van der Waals surface area contributed by atoms with E-state index in [1.54, 1.807) is 0 Å². The number of aromatic nitrogens is 3. The highest BCUT2D eigenvalue weighted by atomic mass is 32.2. The van der Waals surface area contributed by atoms with E-state index in [1.165, 1.54) is 61.2 Å². The fraction of sp³-hybridized carbons (Fsp3) is 0.357. The molecule has 1 aliphatic carbocycles. The molecule has 5 nitrogen and oxygen atoms in total. The molecule has 3 heterocycles. The maximum Gasteiger partial charge on any atom is 0.191 e. The molecule has 0 spiro atoms. The summed E-state index contributed by atoms with van der Waals surface area (Å²) in [5.41, 5.74) is 6.71. The van der Waals surface area contributed by atoms with Crippen LogP contribution in [0.2, 0.25) is 0 Å². The lowest BCUT2D eigenvalue weighted by molar-refractivity contribution is 0.221. The van der Waals surface area contributed by atoms with Crippen LogP contribution in [0.25, 0.3) is 27.9 Å². The second-order valence-electron chi connectivity index (χ2n) is 9.39. The summed E-state index contributed by atoms with van der Waals surface area (Å²) in [6.07, 6.45) is 12.5. The molecule has 0 bridgehead atoms. The Bertz CT molecular complexity index is 1280. The van der Waals surface area contributed by atoms with Crippen molar-refractivity contribution in [1.29, 1.82) is 0 Å².